The van der Waals surface area contributed by atoms with Gasteiger partial charge in [0.1, 0.15) is 0 Å². The summed E-state index contributed by atoms with van der Waals surface area (Å²) >= 11 is 4.54. The average molecular weight is 179 g/mol. The Labute approximate surface area is 68.4 Å². The first-order valence-electron chi connectivity index (χ1n) is 2.91. The Bertz CT molecular complexity index is 185. The van der Waals surface area contributed by atoms with Crippen molar-refractivity contribution in [2.24, 2.45) is 0 Å². The van der Waals surface area contributed by atoms with Gasteiger partial charge in [-0.3, -0.25) is 10.6 Å². The summed E-state index contributed by atoms with van der Waals surface area (Å²) in [7, 11) is 0. The molecule has 6 nitrogen and oxygen atoms in total. The Morgan fingerprint density at radius 3 is 2.73 bits per heavy atom. The van der Waals surface area contributed by atoms with Crippen molar-refractivity contribution in [1.82, 2.24) is 15.9 Å². The SMILES string of the molecule is CC1(O)NNC(=S)N(O)C1O. The van der Waals surface area contributed by atoms with Gasteiger partial charge in [-0.15, -0.1) is 0 Å². The quantitative estimate of drug-likeness (QED) is 0.277. The number of nitrogens with zero attached hydrogens (tertiary/aromatic N) is 1. The van der Waals surface area contributed by atoms with Gasteiger partial charge in [0.25, 0.3) is 0 Å². The first-order chi connectivity index (χ1) is 4.95. The molecule has 1 heterocycles. The van der Waals surface area contributed by atoms with Crippen molar-refractivity contribution in [1.29, 1.82) is 0 Å². The van der Waals surface area contributed by atoms with Crippen LogP contribution < -0.4 is 10.9 Å². The fourth-order valence-electron chi connectivity index (χ4n) is 0.651. The minimum Gasteiger partial charge on any atom is -0.370 e. The van der Waals surface area contributed by atoms with Crippen LogP contribution in [-0.4, -0.2) is 37.5 Å². The first kappa shape index (κ1) is 8.62. The molecule has 0 bridgehead atoms. The number of hydrazine groups is 1. The van der Waals surface area contributed by atoms with E-state index in [4.69, 9.17) is 10.3 Å². The number of nitrogens with one attached hydrogen (secondary N) is 2. The zero-order valence-electron chi connectivity index (χ0n) is 5.77. The smallest absolute Gasteiger partial charge is 0.210 e. The van der Waals surface area contributed by atoms with Crippen LogP contribution in [0.1, 0.15) is 6.92 Å². The second-order valence-corrected chi connectivity index (χ2v) is 2.81. The van der Waals surface area contributed by atoms with Gasteiger partial charge < -0.3 is 10.2 Å². The lowest BCUT2D eigenvalue weighted by Crippen LogP contribution is -2.71. The molecule has 1 fully saturated rings. The zero-order valence-corrected chi connectivity index (χ0v) is 6.59. The highest BCUT2D eigenvalue weighted by molar-refractivity contribution is 7.80. The van der Waals surface area contributed by atoms with Crippen LogP contribution in [0.2, 0.25) is 0 Å². The van der Waals surface area contributed by atoms with Gasteiger partial charge in [0.2, 0.25) is 5.11 Å². The van der Waals surface area contributed by atoms with Crippen LogP contribution in [-0.2, 0) is 0 Å². The summed E-state index contributed by atoms with van der Waals surface area (Å²) in [5.41, 5.74) is 2.97. The average Bonchev–Trinajstić information content (AvgIpc) is 1.95. The lowest BCUT2D eigenvalue weighted by molar-refractivity contribution is -0.239. The van der Waals surface area contributed by atoms with Crippen LogP contribution in [0.3, 0.4) is 0 Å². The molecule has 11 heavy (non-hydrogen) atoms. The maximum atomic E-state index is 9.25. The normalized spacial score (nSPS) is 38.7. The van der Waals surface area contributed by atoms with Crippen LogP contribution in [0.15, 0.2) is 0 Å². The van der Waals surface area contributed by atoms with E-state index in [2.05, 4.69) is 23.1 Å². The summed E-state index contributed by atoms with van der Waals surface area (Å²) in [5, 5.41) is 27.6. The molecule has 0 amide bonds. The molecule has 0 saturated carbocycles. The standard InChI is InChI=1S/C4H9N3O3S/c1-4(9)2(8)7(10)3(11)5-6-4/h2,6,8-10H,1H3,(H,5,11). The van der Waals surface area contributed by atoms with Gasteiger partial charge in [0, 0.05) is 0 Å². The van der Waals surface area contributed by atoms with Crippen LogP contribution >= 0.6 is 12.2 Å². The Morgan fingerprint density at radius 2 is 2.27 bits per heavy atom. The molecule has 7 heteroatoms. The van der Waals surface area contributed by atoms with E-state index in [1.807, 2.05) is 0 Å². The van der Waals surface area contributed by atoms with Gasteiger partial charge in [-0.2, -0.15) is 5.06 Å². The van der Waals surface area contributed by atoms with Crippen molar-refractivity contribution in [2.45, 2.75) is 18.9 Å². The summed E-state index contributed by atoms with van der Waals surface area (Å²) in [6, 6.07) is 0. The largest absolute Gasteiger partial charge is 0.370 e. The molecule has 0 aliphatic carbocycles. The molecule has 0 radical (unpaired) electrons. The fourth-order valence-corrected chi connectivity index (χ4v) is 0.802. The number of hydrogen-bond acceptors (Lipinski definition) is 5. The second-order valence-electron chi connectivity index (χ2n) is 2.42. The zero-order chi connectivity index (χ0) is 8.65. The van der Waals surface area contributed by atoms with Gasteiger partial charge in [0.15, 0.2) is 12.0 Å². The van der Waals surface area contributed by atoms with E-state index in [1.165, 1.54) is 6.92 Å². The van der Waals surface area contributed by atoms with Crippen LogP contribution in [0.5, 0.6) is 0 Å². The van der Waals surface area contributed by atoms with E-state index in [-0.39, 0.29) is 5.11 Å². The van der Waals surface area contributed by atoms with Crippen LogP contribution in [0.25, 0.3) is 0 Å². The van der Waals surface area contributed by atoms with E-state index in [0.29, 0.717) is 5.06 Å². The monoisotopic (exact) mass is 179 g/mol. The summed E-state index contributed by atoms with van der Waals surface area (Å²) < 4.78 is 0. The van der Waals surface area contributed by atoms with Crippen molar-refractivity contribution in [3.05, 3.63) is 0 Å². The molecule has 2 atom stereocenters. The van der Waals surface area contributed by atoms with E-state index < -0.39 is 12.0 Å². The van der Waals surface area contributed by atoms with E-state index in [9.17, 15) is 5.11 Å². The molecule has 2 unspecified atom stereocenters. The van der Waals surface area contributed by atoms with Crippen LogP contribution in [0, 0.1) is 0 Å². The van der Waals surface area contributed by atoms with Crippen molar-refractivity contribution in [3.8, 4) is 0 Å². The van der Waals surface area contributed by atoms with Crippen molar-refractivity contribution in [2.75, 3.05) is 0 Å². The third kappa shape index (κ3) is 1.42. The third-order valence-corrected chi connectivity index (χ3v) is 1.65. The highest BCUT2D eigenvalue weighted by atomic mass is 32.1. The van der Waals surface area contributed by atoms with Gasteiger partial charge in [0.05, 0.1) is 0 Å². The minimum absolute atomic E-state index is 0.0935. The molecule has 1 saturated heterocycles. The molecule has 64 valence electrons. The third-order valence-electron chi connectivity index (χ3n) is 1.37. The predicted molar refractivity (Wildman–Crippen MR) is 39.1 cm³/mol. The molecule has 5 N–H and O–H groups in total. The Hall–Kier alpha value is -0.470. The molecular formula is C4H9N3O3S. The fraction of sp³-hybridized carbons (Fsp3) is 0.750. The van der Waals surface area contributed by atoms with E-state index in [0.717, 1.165) is 0 Å². The highest BCUT2D eigenvalue weighted by Gasteiger charge is 2.40. The summed E-state index contributed by atoms with van der Waals surface area (Å²) in [5.74, 6) is 0. The number of hydrogen-bond donors (Lipinski definition) is 5. The summed E-state index contributed by atoms with van der Waals surface area (Å²) in [6.07, 6.45) is -1.48. The first-order valence-corrected chi connectivity index (χ1v) is 3.31. The molecular weight excluding hydrogens is 170 g/mol. The lowest BCUT2D eigenvalue weighted by Gasteiger charge is -2.40. The summed E-state index contributed by atoms with van der Waals surface area (Å²) in [4.78, 5) is 0. The van der Waals surface area contributed by atoms with Crippen molar-refractivity contribution >= 4 is 17.3 Å². The molecule has 0 aromatic heterocycles. The van der Waals surface area contributed by atoms with E-state index >= 15 is 0 Å². The molecule has 1 aliphatic heterocycles. The molecule has 1 rings (SSSR count). The maximum absolute atomic E-state index is 9.25. The van der Waals surface area contributed by atoms with Crippen molar-refractivity contribution in [3.63, 3.8) is 0 Å². The number of thiocarbonyl (C=S) groups is 1. The highest BCUT2D eigenvalue weighted by Crippen LogP contribution is 2.11. The molecule has 0 aromatic rings. The molecule has 0 spiro atoms. The molecule has 0 aromatic carbocycles. The van der Waals surface area contributed by atoms with Gasteiger partial charge >= 0.3 is 0 Å². The number of hydroxylamine groups is 2. The second kappa shape index (κ2) is 2.54. The predicted octanol–water partition coefficient (Wildman–Crippen LogP) is -1.90. The summed E-state index contributed by atoms with van der Waals surface area (Å²) in [6.45, 7) is 1.29. The van der Waals surface area contributed by atoms with Crippen LogP contribution in [0.4, 0.5) is 0 Å². The molecule has 1 aliphatic rings. The van der Waals surface area contributed by atoms with Gasteiger partial charge in [-0.25, -0.2) is 5.43 Å². The Balaban J connectivity index is 2.75. The van der Waals surface area contributed by atoms with E-state index in [1.54, 1.807) is 0 Å². The number of rotatable bonds is 0. The number of aliphatic hydroxyl groups is 2. The Morgan fingerprint density at radius 1 is 1.73 bits per heavy atom. The maximum Gasteiger partial charge on any atom is 0.210 e. The number of aliphatic hydroxyl groups excluding tert-OH is 1. The van der Waals surface area contributed by atoms with Gasteiger partial charge in [-0.1, -0.05) is 0 Å². The van der Waals surface area contributed by atoms with Crippen molar-refractivity contribution < 1.29 is 15.4 Å². The lowest BCUT2D eigenvalue weighted by atomic mass is 10.2. The topological polar surface area (TPSA) is 88.0 Å². The van der Waals surface area contributed by atoms with Gasteiger partial charge in [-0.05, 0) is 19.1 Å². The minimum atomic E-state index is -1.63. The Kier molecular flexibility index (Phi) is 1.99.